The molecule has 2 fully saturated rings. The van der Waals surface area contributed by atoms with Gasteiger partial charge in [-0.25, -0.2) is 0 Å². The summed E-state index contributed by atoms with van der Waals surface area (Å²) in [6, 6.07) is 0. The van der Waals surface area contributed by atoms with Crippen molar-refractivity contribution < 1.29 is 86.3 Å². The Balaban J connectivity index is 2.96. The second-order valence-electron chi connectivity index (χ2n) is 11.7. The lowest BCUT2D eigenvalue weighted by molar-refractivity contribution is -0.391. The zero-order chi connectivity index (χ0) is 38.4. The van der Waals surface area contributed by atoms with Gasteiger partial charge in [0, 0.05) is 38.4 Å². The summed E-state index contributed by atoms with van der Waals surface area (Å²) in [4.78, 5) is 5.19. The lowest BCUT2D eigenvalue weighted by Gasteiger charge is -2.52. The van der Waals surface area contributed by atoms with Crippen LogP contribution in [0, 0.1) is 35.5 Å². The van der Waals surface area contributed by atoms with Gasteiger partial charge in [-0.2, -0.15) is 65.9 Å². The highest BCUT2D eigenvalue weighted by Crippen LogP contribution is 2.60. The molecule has 49 heavy (non-hydrogen) atoms. The second-order valence-corrected chi connectivity index (χ2v) is 11.7. The number of hydrogen-bond donors (Lipinski definition) is 4. The molecule has 8 atom stereocenters. The number of halogens is 15. The fraction of sp³-hybridized carbons (Fsp3) is 1.00. The van der Waals surface area contributed by atoms with Crippen molar-refractivity contribution >= 4 is 0 Å². The summed E-state index contributed by atoms with van der Waals surface area (Å²) in [5.41, 5.74) is 5.66. The topological polar surface area (TPSA) is 227 Å². The fourth-order valence-electron chi connectivity index (χ4n) is 6.76. The molecule has 0 heterocycles. The Morgan fingerprint density at radius 3 is 0.816 bits per heavy atom. The maximum absolute atomic E-state index is 14.0. The summed E-state index contributed by atoms with van der Waals surface area (Å²) >= 11 is 0. The molecule has 0 aliphatic heterocycles. The minimum Gasteiger partial charge on any atom is -0.376 e. The van der Waals surface area contributed by atoms with E-state index in [9.17, 15) is 86.3 Å². The van der Waals surface area contributed by atoms with E-state index in [1.165, 1.54) is 0 Å². The van der Waals surface area contributed by atoms with Gasteiger partial charge < -0.3 is 20.4 Å². The van der Waals surface area contributed by atoms with Crippen LogP contribution in [0.2, 0.25) is 0 Å². The SMILES string of the molecule is [N-]=[N+]=NC(O)(C1CC(C2CC(C(O)(N=[N+]=[N-])C(F)(F)F)CC(C(O)(C(F)(F)F)C(F)(F)F)C2)CC(C(O)(N=[N+]=[N-])C(F)(F)F)C1)C(F)(F)F. The summed E-state index contributed by atoms with van der Waals surface area (Å²) in [6.07, 6.45) is -42.1. The van der Waals surface area contributed by atoms with Crippen molar-refractivity contribution in [2.45, 2.75) is 92.2 Å². The third-order valence-corrected chi connectivity index (χ3v) is 9.16. The van der Waals surface area contributed by atoms with Gasteiger partial charge in [-0.15, -0.1) is 0 Å². The van der Waals surface area contributed by atoms with Crippen molar-refractivity contribution in [1.29, 1.82) is 0 Å². The molecule has 2 aliphatic rings. The summed E-state index contributed by atoms with van der Waals surface area (Å²) in [6.45, 7) is 0. The van der Waals surface area contributed by atoms with Crippen LogP contribution in [0.1, 0.15) is 38.5 Å². The predicted molar refractivity (Wildman–Crippen MR) is 126 cm³/mol. The van der Waals surface area contributed by atoms with Gasteiger partial charge in [0.15, 0.2) is 0 Å². The minimum atomic E-state index is -6.77. The smallest absolute Gasteiger partial charge is 0.376 e. The maximum Gasteiger partial charge on any atom is 0.426 e. The summed E-state index contributed by atoms with van der Waals surface area (Å²) in [5, 5.41) is 47.5. The first-order chi connectivity index (χ1) is 21.8. The van der Waals surface area contributed by atoms with E-state index in [2.05, 4.69) is 15.3 Å². The maximum atomic E-state index is 14.0. The Kier molecular flexibility index (Phi) is 11.2. The van der Waals surface area contributed by atoms with Gasteiger partial charge >= 0.3 is 30.9 Å². The van der Waals surface area contributed by atoms with Crippen LogP contribution in [-0.2, 0) is 0 Å². The summed E-state index contributed by atoms with van der Waals surface area (Å²) in [7, 11) is 0. The Bertz CT molecular complexity index is 1310. The Hall–Kier alpha value is -3.28. The molecule has 280 valence electrons. The Labute approximate surface area is 261 Å². The molecule has 13 nitrogen and oxygen atoms in total. The van der Waals surface area contributed by atoms with Crippen LogP contribution in [-0.4, -0.2) is 74.1 Å². The van der Waals surface area contributed by atoms with E-state index in [0.717, 1.165) is 0 Å². The van der Waals surface area contributed by atoms with Crippen molar-refractivity contribution in [3.8, 4) is 0 Å². The third-order valence-electron chi connectivity index (χ3n) is 9.16. The number of hydrogen-bond acceptors (Lipinski definition) is 7. The highest BCUT2D eigenvalue weighted by Gasteiger charge is 2.75. The van der Waals surface area contributed by atoms with Crippen LogP contribution in [0.25, 0.3) is 31.3 Å². The molecule has 0 bridgehead atoms. The molecular weight excluding hydrogens is 727 g/mol. The van der Waals surface area contributed by atoms with E-state index in [4.69, 9.17) is 16.6 Å². The van der Waals surface area contributed by atoms with Gasteiger partial charge in [-0.1, -0.05) is 0 Å². The molecule has 0 aromatic heterocycles. The number of azide groups is 3. The Morgan fingerprint density at radius 1 is 0.388 bits per heavy atom. The van der Waals surface area contributed by atoms with Crippen molar-refractivity contribution in [1.82, 2.24) is 0 Å². The molecule has 8 unspecified atom stereocenters. The van der Waals surface area contributed by atoms with Gasteiger partial charge in [-0.05, 0) is 82.3 Å². The van der Waals surface area contributed by atoms with E-state index in [0.29, 0.717) is 0 Å². The van der Waals surface area contributed by atoms with Crippen molar-refractivity contribution in [2.24, 2.45) is 50.9 Å². The van der Waals surface area contributed by atoms with Crippen LogP contribution in [0.5, 0.6) is 0 Å². The zero-order valence-corrected chi connectivity index (χ0v) is 23.7. The molecule has 28 heteroatoms. The van der Waals surface area contributed by atoms with E-state index >= 15 is 0 Å². The van der Waals surface area contributed by atoms with E-state index in [1.807, 2.05) is 0 Å². The van der Waals surface area contributed by atoms with Crippen LogP contribution >= 0.6 is 0 Å². The van der Waals surface area contributed by atoms with E-state index in [-0.39, 0.29) is 0 Å². The quantitative estimate of drug-likeness (QED) is 0.0851. The number of nitrogens with zero attached hydrogens (tertiary/aromatic N) is 9. The lowest BCUT2D eigenvalue weighted by Crippen LogP contribution is -2.64. The molecule has 0 amide bonds. The van der Waals surface area contributed by atoms with Gasteiger partial charge in [-0.3, -0.25) is 0 Å². The molecule has 2 saturated carbocycles. The normalized spacial score (nSPS) is 29.9. The number of rotatable bonds is 8. The third kappa shape index (κ3) is 7.30. The predicted octanol–water partition coefficient (Wildman–Crippen LogP) is 7.59. The monoisotopic (exact) mass is 749 g/mol. The fourth-order valence-corrected chi connectivity index (χ4v) is 6.76. The highest BCUT2D eigenvalue weighted by atomic mass is 19.4. The van der Waals surface area contributed by atoms with Gasteiger partial charge in [0.05, 0.1) is 0 Å². The number of aliphatic hydroxyl groups is 4. The largest absolute Gasteiger partial charge is 0.426 e. The Morgan fingerprint density at radius 2 is 0.612 bits per heavy atom. The summed E-state index contributed by atoms with van der Waals surface area (Å²) in [5.74, 6) is -17.1. The van der Waals surface area contributed by atoms with Gasteiger partial charge in [0.25, 0.3) is 5.60 Å². The molecule has 4 N–H and O–H groups in total. The molecule has 2 aliphatic carbocycles. The van der Waals surface area contributed by atoms with E-state index < -0.39 is 128 Å². The van der Waals surface area contributed by atoms with Crippen LogP contribution < -0.4 is 0 Å². The lowest BCUT2D eigenvalue weighted by atomic mass is 9.57. The minimum absolute atomic E-state index is 1.50. The van der Waals surface area contributed by atoms with Crippen molar-refractivity contribution in [3.05, 3.63) is 31.3 Å². The molecule has 0 aromatic rings. The van der Waals surface area contributed by atoms with E-state index in [1.54, 1.807) is 14.7 Å². The number of alkyl halides is 15. The highest BCUT2D eigenvalue weighted by molar-refractivity contribution is 5.08. The second kappa shape index (κ2) is 13.1. The van der Waals surface area contributed by atoms with Gasteiger partial charge in [0.2, 0.25) is 17.2 Å². The summed E-state index contributed by atoms with van der Waals surface area (Å²) < 4.78 is 209. The standard InChI is InChI=1S/C21H22F15N9O4/c22-17(23,24)13(46,18(25,26)27)9-1-7(2-10(5-9)14(47,40-43-37)19(28,29)30)8-3-11(15(48,41-44-38)20(31,32)33)6-12(4-8)16(49,42-45-39)21(34,35)36/h7-12,46-49H,1-6H2. The molecule has 0 aromatic carbocycles. The molecule has 0 radical (unpaired) electrons. The average Bonchev–Trinajstić information content (AvgIpc) is 2.93. The first-order valence-corrected chi connectivity index (χ1v) is 13.2. The molecular formula is C21H22F15N9O4. The molecule has 0 saturated heterocycles. The molecule has 2 rings (SSSR count). The van der Waals surface area contributed by atoms with Crippen molar-refractivity contribution in [3.63, 3.8) is 0 Å². The average molecular weight is 749 g/mol. The van der Waals surface area contributed by atoms with Gasteiger partial charge in [0.1, 0.15) is 0 Å². The first-order valence-electron chi connectivity index (χ1n) is 13.2. The zero-order valence-electron chi connectivity index (χ0n) is 23.7. The van der Waals surface area contributed by atoms with Crippen LogP contribution in [0.3, 0.4) is 0 Å². The van der Waals surface area contributed by atoms with Crippen molar-refractivity contribution in [2.75, 3.05) is 0 Å². The molecule has 0 spiro atoms. The van der Waals surface area contributed by atoms with Crippen LogP contribution in [0.4, 0.5) is 65.9 Å². The first kappa shape index (κ1) is 41.9. The van der Waals surface area contributed by atoms with Crippen LogP contribution in [0.15, 0.2) is 15.3 Å².